The third-order valence-electron chi connectivity index (χ3n) is 3.70. The van der Waals surface area contributed by atoms with Crippen LogP contribution < -0.4 is 4.74 Å². The Morgan fingerprint density at radius 3 is 2.60 bits per heavy atom. The van der Waals surface area contributed by atoms with Gasteiger partial charge in [0.15, 0.2) is 18.2 Å². The van der Waals surface area contributed by atoms with Crippen molar-refractivity contribution >= 4 is 18.0 Å². The third kappa shape index (κ3) is 5.56. The van der Waals surface area contributed by atoms with Crippen molar-refractivity contribution < 1.29 is 28.2 Å². The van der Waals surface area contributed by atoms with Crippen LogP contribution in [-0.4, -0.2) is 55.8 Å². The quantitative estimate of drug-likeness (QED) is 0.600. The smallest absolute Gasteiger partial charge is 0.331 e. The molecule has 0 N–H and O–H groups in total. The Morgan fingerprint density at radius 1 is 1.32 bits per heavy atom. The van der Waals surface area contributed by atoms with Gasteiger partial charge in [0, 0.05) is 19.2 Å². The highest BCUT2D eigenvalue weighted by Crippen LogP contribution is 2.18. The Morgan fingerprint density at radius 2 is 2.00 bits per heavy atom. The Labute approximate surface area is 146 Å². The highest BCUT2D eigenvalue weighted by Gasteiger charge is 2.26. The highest BCUT2D eigenvalue weighted by atomic mass is 19.1. The van der Waals surface area contributed by atoms with E-state index in [0.717, 1.165) is 6.08 Å². The maximum Gasteiger partial charge on any atom is 0.331 e. The summed E-state index contributed by atoms with van der Waals surface area (Å²) in [5, 5.41) is 0. The lowest BCUT2D eigenvalue weighted by molar-refractivity contribution is -0.154. The van der Waals surface area contributed by atoms with Gasteiger partial charge in [0.2, 0.25) is 0 Å². The summed E-state index contributed by atoms with van der Waals surface area (Å²) in [5.41, 5.74) is 0.484. The molecule has 136 valence electrons. The summed E-state index contributed by atoms with van der Waals surface area (Å²) < 4.78 is 28.9. The van der Waals surface area contributed by atoms with Gasteiger partial charge in [-0.15, -0.1) is 0 Å². The van der Waals surface area contributed by atoms with Crippen LogP contribution in [0.4, 0.5) is 4.39 Å². The number of hydrogen-bond acceptors (Lipinski definition) is 5. The number of hydrogen-bond donors (Lipinski definition) is 0. The molecule has 1 amide bonds. The molecule has 0 radical (unpaired) electrons. The maximum atomic E-state index is 13.6. The number of rotatable bonds is 5. The number of amides is 1. The van der Waals surface area contributed by atoms with Gasteiger partial charge in [-0.2, -0.15) is 0 Å². The van der Waals surface area contributed by atoms with Crippen molar-refractivity contribution in [2.75, 3.05) is 26.8 Å². The van der Waals surface area contributed by atoms with Gasteiger partial charge in [0.1, 0.15) is 0 Å². The van der Waals surface area contributed by atoms with Crippen molar-refractivity contribution in [1.29, 1.82) is 0 Å². The average Bonchev–Trinajstić information content (AvgIpc) is 2.57. The van der Waals surface area contributed by atoms with Crippen molar-refractivity contribution in [2.24, 2.45) is 0 Å². The second kappa shape index (κ2) is 8.62. The lowest BCUT2D eigenvalue weighted by Gasteiger charge is -2.35. The second-order valence-electron chi connectivity index (χ2n) is 5.89. The van der Waals surface area contributed by atoms with Gasteiger partial charge in [-0.1, -0.05) is 6.07 Å². The predicted molar refractivity (Wildman–Crippen MR) is 89.5 cm³/mol. The molecule has 0 saturated carbocycles. The van der Waals surface area contributed by atoms with E-state index in [-0.39, 0.29) is 30.5 Å². The van der Waals surface area contributed by atoms with Crippen LogP contribution in [0.1, 0.15) is 19.4 Å². The topological polar surface area (TPSA) is 65.1 Å². The van der Waals surface area contributed by atoms with E-state index in [1.54, 1.807) is 11.0 Å². The Hall–Kier alpha value is -2.41. The summed E-state index contributed by atoms with van der Waals surface area (Å²) in [6.45, 7) is 4.39. The number of carbonyl (C=O) groups excluding carboxylic acids is 2. The average molecular weight is 351 g/mol. The monoisotopic (exact) mass is 351 g/mol. The molecule has 1 heterocycles. The van der Waals surface area contributed by atoms with Crippen molar-refractivity contribution in [1.82, 2.24) is 4.90 Å². The van der Waals surface area contributed by atoms with Crippen molar-refractivity contribution in [3.63, 3.8) is 0 Å². The summed E-state index contributed by atoms with van der Waals surface area (Å²) in [6, 6.07) is 4.31. The van der Waals surface area contributed by atoms with Crippen LogP contribution in [0.2, 0.25) is 0 Å². The zero-order chi connectivity index (χ0) is 18.4. The van der Waals surface area contributed by atoms with Crippen LogP contribution in [0.15, 0.2) is 24.3 Å². The van der Waals surface area contributed by atoms with Gasteiger partial charge in [0.25, 0.3) is 5.91 Å². The number of carbonyl (C=O) groups is 2. The number of methoxy groups -OCH3 is 1. The van der Waals surface area contributed by atoms with E-state index in [9.17, 15) is 14.0 Å². The van der Waals surface area contributed by atoms with E-state index in [2.05, 4.69) is 0 Å². The number of halogens is 1. The van der Waals surface area contributed by atoms with E-state index in [1.165, 1.54) is 25.3 Å². The second-order valence-corrected chi connectivity index (χ2v) is 5.89. The van der Waals surface area contributed by atoms with E-state index in [4.69, 9.17) is 14.2 Å². The van der Waals surface area contributed by atoms with Crippen LogP contribution in [0.3, 0.4) is 0 Å². The SMILES string of the molecule is COc1ccc(/C=C/C(=O)OCC(=O)N2C[C@@H](C)O[C@@H](C)C2)cc1F. The lowest BCUT2D eigenvalue weighted by Crippen LogP contribution is -2.49. The molecule has 2 rings (SSSR count). The first kappa shape index (κ1) is 18.9. The molecule has 6 nitrogen and oxygen atoms in total. The number of morpholine rings is 1. The molecule has 1 aromatic carbocycles. The van der Waals surface area contributed by atoms with Crippen LogP contribution in [0.25, 0.3) is 6.08 Å². The van der Waals surface area contributed by atoms with Gasteiger partial charge in [-0.25, -0.2) is 9.18 Å². The largest absolute Gasteiger partial charge is 0.494 e. The molecule has 1 aromatic rings. The van der Waals surface area contributed by atoms with Gasteiger partial charge in [0.05, 0.1) is 19.3 Å². The summed E-state index contributed by atoms with van der Waals surface area (Å²) in [5.74, 6) is -1.33. The fraction of sp³-hybridized carbons (Fsp3) is 0.444. The summed E-state index contributed by atoms with van der Waals surface area (Å²) in [6.07, 6.45) is 2.47. The normalized spacial score (nSPS) is 20.6. The minimum atomic E-state index is -0.668. The molecule has 1 aliphatic rings. The lowest BCUT2D eigenvalue weighted by atomic mass is 10.2. The molecule has 0 unspecified atom stereocenters. The van der Waals surface area contributed by atoms with Crippen LogP contribution in [-0.2, 0) is 19.1 Å². The van der Waals surface area contributed by atoms with Crippen LogP contribution in [0, 0.1) is 5.82 Å². The minimum absolute atomic E-state index is 0.0479. The molecule has 1 aliphatic heterocycles. The molecular weight excluding hydrogens is 329 g/mol. The number of nitrogens with zero attached hydrogens (tertiary/aromatic N) is 1. The van der Waals surface area contributed by atoms with E-state index in [1.807, 2.05) is 13.8 Å². The summed E-state index contributed by atoms with van der Waals surface area (Å²) in [7, 11) is 1.37. The highest BCUT2D eigenvalue weighted by molar-refractivity contribution is 5.89. The molecule has 1 fully saturated rings. The molecule has 0 spiro atoms. The van der Waals surface area contributed by atoms with E-state index in [0.29, 0.717) is 18.7 Å². The predicted octanol–water partition coefficient (Wildman–Crippen LogP) is 2.03. The van der Waals surface area contributed by atoms with Crippen molar-refractivity contribution in [3.05, 3.63) is 35.7 Å². The number of ether oxygens (including phenoxy) is 3. The van der Waals surface area contributed by atoms with Gasteiger partial charge < -0.3 is 19.1 Å². The maximum absolute atomic E-state index is 13.6. The number of benzene rings is 1. The molecule has 2 atom stereocenters. The Balaban J connectivity index is 1.83. The molecule has 0 aromatic heterocycles. The standard InChI is InChI=1S/C18H22FNO5/c1-12-9-20(10-13(2)25-12)17(21)11-24-18(22)7-5-14-4-6-16(23-3)15(19)8-14/h4-8,12-13H,9-11H2,1-3H3/b7-5+/t12-,13+. The zero-order valence-corrected chi connectivity index (χ0v) is 14.5. The summed E-state index contributed by atoms with van der Waals surface area (Å²) >= 11 is 0. The van der Waals surface area contributed by atoms with Crippen molar-refractivity contribution in [3.8, 4) is 5.75 Å². The molecule has 1 saturated heterocycles. The molecule has 7 heteroatoms. The first-order valence-corrected chi connectivity index (χ1v) is 8.00. The van der Waals surface area contributed by atoms with E-state index < -0.39 is 11.8 Å². The number of esters is 1. The van der Waals surface area contributed by atoms with Crippen molar-refractivity contribution in [2.45, 2.75) is 26.1 Å². The van der Waals surface area contributed by atoms with Crippen LogP contribution in [0.5, 0.6) is 5.75 Å². The van der Waals surface area contributed by atoms with Gasteiger partial charge in [-0.3, -0.25) is 4.79 Å². The molecule has 0 bridgehead atoms. The zero-order valence-electron chi connectivity index (χ0n) is 14.5. The molecule has 0 aliphatic carbocycles. The fourth-order valence-corrected chi connectivity index (χ4v) is 2.60. The first-order valence-electron chi connectivity index (χ1n) is 8.00. The Kier molecular flexibility index (Phi) is 6.52. The third-order valence-corrected chi connectivity index (χ3v) is 3.70. The summed E-state index contributed by atoms with van der Waals surface area (Å²) in [4.78, 5) is 25.4. The molecule has 25 heavy (non-hydrogen) atoms. The molecular formula is C18H22FNO5. The van der Waals surface area contributed by atoms with Gasteiger partial charge in [-0.05, 0) is 37.6 Å². The fourth-order valence-electron chi connectivity index (χ4n) is 2.60. The van der Waals surface area contributed by atoms with E-state index >= 15 is 0 Å². The Bertz CT molecular complexity index is 651. The van der Waals surface area contributed by atoms with Gasteiger partial charge >= 0.3 is 5.97 Å². The first-order chi connectivity index (χ1) is 11.9. The minimum Gasteiger partial charge on any atom is -0.494 e. The van der Waals surface area contributed by atoms with Crippen LogP contribution >= 0.6 is 0 Å².